The van der Waals surface area contributed by atoms with Crippen molar-refractivity contribution in [3.05, 3.63) is 35.4 Å². The molecule has 1 N–H and O–H groups in total. The van der Waals surface area contributed by atoms with Gasteiger partial charge in [0.1, 0.15) is 0 Å². The average Bonchev–Trinajstić information content (AvgIpc) is 2.21. The van der Waals surface area contributed by atoms with Gasteiger partial charge in [0, 0.05) is 13.7 Å². The fourth-order valence-electron chi connectivity index (χ4n) is 1.39. The first-order chi connectivity index (χ1) is 6.77. The van der Waals surface area contributed by atoms with E-state index in [1.54, 1.807) is 7.11 Å². The van der Waals surface area contributed by atoms with E-state index in [4.69, 9.17) is 4.74 Å². The molecule has 0 aliphatic heterocycles. The molecule has 0 radical (unpaired) electrons. The second-order valence-electron chi connectivity index (χ2n) is 3.44. The van der Waals surface area contributed by atoms with Gasteiger partial charge in [0.25, 0.3) is 0 Å². The molecule has 0 aromatic heterocycles. The van der Waals surface area contributed by atoms with Crippen molar-refractivity contribution in [3.8, 4) is 0 Å². The smallest absolute Gasteiger partial charge is 0.0945 e. The summed E-state index contributed by atoms with van der Waals surface area (Å²) in [7, 11) is 1.75. The van der Waals surface area contributed by atoms with Crippen LogP contribution in [0.1, 0.15) is 24.2 Å². The van der Waals surface area contributed by atoms with Crippen molar-refractivity contribution in [1.82, 2.24) is 5.32 Å². The Hall–Kier alpha value is -0.860. The molecule has 0 saturated heterocycles. The lowest BCUT2D eigenvalue weighted by molar-refractivity contribution is 0.103. The maximum absolute atomic E-state index is 5.42. The lowest BCUT2D eigenvalue weighted by Crippen LogP contribution is -2.22. The van der Waals surface area contributed by atoms with Gasteiger partial charge in [0.2, 0.25) is 0 Å². The second kappa shape index (κ2) is 5.78. The van der Waals surface area contributed by atoms with Crippen LogP contribution in [-0.4, -0.2) is 20.2 Å². The Balaban J connectivity index is 2.64. The van der Waals surface area contributed by atoms with Crippen LogP contribution in [0.25, 0.3) is 0 Å². The normalized spacial score (nSPS) is 12.8. The molecule has 0 saturated carbocycles. The van der Waals surface area contributed by atoms with Gasteiger partial charge in [-0.05, 0) is 19.0 Å². The molecule has 1 unspecified atom stereocenters. The lowest BCUT2D eigenvalue weighted by Gasteiger charge is -2.16. The lowest BCUT2D eigenvalue weighted by atomic mass is 10.1. The minimum Gasteiger partial charge on any atom is -0.375 e. The first-order valence-corrected chi connectivity index (χ1v) is 5.08. The summed E-state index contributed by atoms with van der Waals surface area (Å²) in [6.45, 7) is 6.04. The molecule has 78 valence electrons. The van der Waals surface area contributed by atoms with E-state index in [0.717, 1.165) is 13.1 Å². The molecular formula is C12H19NO. The Morgan fingerprint density at radius 1 is 1.29 bits per heavy atom. The number of benzene rings is 1. The number of rotatable bonds is 5. The zero-order chi connectivity index (χ0) is 10.4. The monoisotopic (exact) mass is 193 g/mol. The van der Waals surface area contributed by atoms with E-state index in [9.17, 15) is 0 Å². The molecule has 0 aliphatic rings. The maximum atomic E-state index is 5.42. The number of likely N-dealkylation sites (N-methyl/N-ethyl adjacent to an activating group) is 1. The van der Waals surface area contributed by atoms with Gasteiger partial charge in [0.05, 0.1) is 6.10 Å². The van der Waals surface area contributed by atoms with Gasteiger partial charge in [-0.15, -0.1) is 0 Å². The number of ether oxygens (including phenoxy) is 1. The quantitative estimate of drug-likeness (QED) is 0.774. The topological polar surface area (TPSA) is 21.3 Å². The van der Waals surface area contributed by atoms with E-state index in [1.165, 1.54) is 11.1 Å². The molecule has 2 nitrogen and oxygen atoms in total. The minimum atomic E-state index is 0.163. The highest BCUT2D eigenvalue weighted by atomic mass is 16.5. The summed E-state index contributed by atoms with van der Waals surface area (Å²) >= 11 is 0. The highest BCUT2D eigenvalue weighted by Crippen LogP contribution is 2.15. The molecule has 0 amide bonds. The number of nitrogens with one attached hydrogen (secondary N) is 1. The van der Waals surface area contributed by atoms with Crippen molar-refractivity contribution in [2.24, 2.45) is 0 Å². The predicted octanol–water partition coefficient (Wildman–Crippen LogP) is 2.29. The third-order valence-corrected chi connectivity index (χ3v) is 2.31. The summed E-state index contributed by atoms with van der Waals surface area (Å²) in [5.74, 6) is 0. The van der Waals surface area contributed by atoms with Gasteiger partial charge in [-0.2, -0.15) is 0 Å². The summed E-state index contributed by atoms with van der Waals surface area (Å²) in [6.07, 6.45) is 0.163. The molecule has 0 heterocycles. The summed E-state index contributed by atoms with van der Waals surface area (Å²) in [5.41, 5.74) is 2.52. The highest BCUT2D eigenvalue weighted by Gasteiger charge is 2.08. The molecule has 1 aromatic carbocycles. The molecule has 0 fully saturated rings. The zero-order valence-corrected chi connectivity index (χ0v) is 9.21. The van der Waals surface area contributed by atoms with Crippen LogP contribution in [0.4, 0.5) is 0 Å². The van der Waals surface area contributed by atoms with Gasteiger partial charge in [0.15, 0.2) is 0 Å². The SMILES string of the molecule is CCNCC(OC)c1ccc(C)cc1. The van der Waals surface area contributed by atoms with Crippen molar-refractivity contribution in [3.63, 3.8) is 0 Å². The van der Waals surface area contributed by atoms with Gasteiger partial charge >= 0.3 is 0 Å². The highest BCUT2D eigenvalue weighted by molar-refractivity contribution is 5.23. The van der Waals surface area contributed by atoms with E-state index >= 15 is 0 Å². The first-order valence-electron chi connectivity index (χ1n) is 5.08. The molecule has 2 heteroatoms. The number of methoxy groups -OCH3 is 1. The van der Waals surface area contributed by atoms with E-state index in [-0.39, 0.29) is 6.10 Å². The standard InChI is InChI=1S/C12H19NO/c1-4-13-9-12(14-3)11-7-5-10(2)6-8-11/h5-8,12-13H,4,9H2,1-3H3. The maximum Gasteiger partial charge on any atom is 0.0945 e. The molecule has 1 aromatic rings. The summed E-state index contributed by atoms with van der Waals surface area (Å²) in [4.78, 5) is 0. The fraction of sp³-hybridized carbons (Fsp3) is 0.500. The molecule has 0 aliphatic carbocycles. The number of aryl methyl sites for hydroxylation is 1. The summed E-state index contributed by atoms with van der Waals surface area (Å²) < 4.78 is 5.42. The van der Waals surface area contributed by atoms with Crippen molar-refractivity contribution in [2.45, 2.75) is 20.0 Å². The van der Waals surface area contributed by atoms with Crippen LogP contribution in [0, 0.1) is 6.92 Å². The molecule has 1 atom stereocenters. The van der Waals surface area contributed by atoms with Crippen LogP contribution in [0.2, 0.25) is 0 Å². The fourth-order valence-corrected chi connectivity index (χ4v) is 1.39. The third-order valence-electron chi connectivity index (χ3n) is 2.31. The van der Waals surface area contributed by atoms with Crippen LogP contribution in [0.15, 0.2) is 24.3 Å². The Morgan fingerprint density at radius 3 is 2.43 bits per heavy atom. The van der Waals surface area contributed by atoms with Gasteiger partial charge in [-0.25, -0.2) is 0 Å². The van der Waals surface area contributed by atoms with Crippen molar-refractivity contribution in [2.75, 3.05) is 20.2 Å². The molecule has 0 bridgehead atoms. The first kappa shape index (κ1) is 11.2. The van der Waals surface area contributed by atoms with Crippen molar-refractivity contribution in [1.29, 1.82) is 0 Å². The predicted molar refractivity (Wildman–Crippen MR) is 59.5 cm³/mol. The summed E-state index contributed by atoms with van der Waals surface area (Å²) in [6, 6.07) is 8.49. The number of hydrogen-bond acceptors (Lipinski definition) is 2. The van der Waals surface area contributed by atoms with Gasteiger partial charge in [-0.3, -0.25) is 0 Å². The average molecular weight is 193 g/mol. The van der Waals surface area contributed by atoms with Crippen molar-refractivity contribution >= 4 is 0 Å². The van der Waals surface area contributed by atoms with Crippen LogP contribution < -0.4 is 5.32 Å². The zero-order valence-electron chi connectivity index (χ0n) is 9.21. The molecule has 1 rings (SSSR count). The van der Waals surface area contributed by atoms with E-state index in [0.29, 0.717) is 0 Å². The van der Waals surface area contributed by atoms with Gasteiger partial charge < -0.3 is 10.1 Å². The Kier molecular flexibility index (Phi) is 4.63. The molecule has 14 heavy (non-hydrogen) atoms. The van der Waals surface area contributed by atoms with E-state index in [2.05, 4.69) is 43.4 Å². The van der Waals surface area contributed by atoms with Crippen LogP contribution in [-0.2, 0) is 4.74 Å². The minimum absolute atomic E-state index is 0.163. The Labute approximate surface area is 86.3 Å². The summed E-state index contributed by atoms with van der Waals surface area (Å²) in [5, 5.41) is 3.29. The van der Waals surface area contributed by atoms with E-state index in [1.807, 2.05) is 0 Å². The Bertz CT molecular complexity index is 256. The second-order valence-corrected chi connectivity index (χ2v) is 3.44. The van der Waals surface area contributed by atoms with Crippen LogP contribution >= 0.6 is 0 Å². The Morgan fingerprint density at radius 2 is 1.93 bits per heavy atom. The molecule has 0 spiro atoms. The van der Waals surface area contributed by atoms with Crippen LogP contribution in [0.3, 0.4) is 0 Å². The van der Waals surface area contributed by atoms with Gasteiger partial charge in [-0.1, -0.05) is 36.8 Å². The van der Waals surface area contributed by atoms with E-state index < -0.39 is 0 Å². The molecular weight excluding hydrogens is 174 g/mol. The third kappa shape index (κ3) is 3.13. The van der Waals surface area contributed by atoms with Crippen LogP contribution in [0.5, 0.6) is 0 Å². The number of hydrogen-bond donors (Lipinski definition) is 1. The van der Waals surface area contributed by atoms with Crippen molar-refractivity contribution < 1.29 is 4.74 Å². The largest absolute Gasteiger partial charge is 0.375 e.